The number of hydrogen-bond donors (Lipinski definition) is 2. The van der Waals surface area contributed by atoms with Gasteiger partial charge in [-0.05, 0) is 43.5 Å². The second-order valence-electron chi connectivity index (χ2n) is 5.60. The second-order valence-corrected chi connectivity index (χ2v) is 5.60. The Balaban J connectivity index is 1.74. The topological polar surface area (TPSA) is 52.0 Å². The number of rotatable bonds is 6. The molecule has 2 N–H and O–H groups in total. The van der Waals surface area contributed by atoms with Crippen LogP contribution in [0, 0.1) is 0 Å². The summed E-state index contributed by atoms with van der Waals surface area (Å²) in [5.74, 6) is 0.804. The number of carbonyl (C=O) groups excluding carboxylic acids is 1. The summed E-state index contributed by atoms with van der Waals surface area (Å²) in [6.07, 6.45) is 3.80. The number of hydrogen-bond acceptors (Lipinski definition) is 3. The van der Waals surface area contributed by atoms with Crippen LogP contribution in [0.5, 0.6) is 5.75 Å². The molecule has 2 atom stereocenters. The zero-order valence-corrected chi connectivity index (χ0v) is 12.9. The first kappa shape index (κ1) is 15.8. The van der Waals surface area contributed by atoms with Gasteiger partial charge in [0, 0.05) is 12.3 Å². The van der Waals surface area contributed by atoms with Crippen molar-refractivity contribution >= 4 is 11.6 Å². The number of likely N-dealkylation sites (N-methyl/N-ethyl adjacent to an activating group) is 1. The number of benzene rings is 1. The first-order valence-electron chi connectivity index (χ1n) is 7.54. The van der Waals surface area contributed by atoms with Crippen LogP contribution < -0.4 is 15.0 Å². The minimum atomic E-state index is 0.0217. The van der Waals surface area contributed by atoms with Crippen LogP contribution in [-0.2, 0) is 9.53 Å². The predicted octanol–water partition coefficient (Wildman–Crippen LogP) is 0.718. The maximum atomic E-state index is 12.0. The van der Waals surface area contributed by atoms with Crippen LogP contribution in [0.3, 0.4) is 0 Å². The van der Waals surface area contributed by atoms with E-state index in [1.807, 2.05) is 31.3 Å². The highest BCUT2D eigenvalue weighted by atomic mass is 16.5. The quantitative estimate of drug-likeness (QED) is 0.812. The first-order chi connectivity index (χ1) is 10.2. The Morgan fingerprint density at radius 3 is 2.76 bits per heavy atom. The third-order valence-electron chi connectivity index (χ3n) is 3.69. The fourth-order valence-corrected chi connectivity index (χ4v) is 2.58. The molecule has 5 heteroatoms. The van der Waals surface area contributed by atoms with E-state index in [0.717, 1.165) is 37.4 Å². The molecule has 1 heterocycles. The molecule has 1 aromatic carbocycles. The van der Waals surface area contributed by atoms with Gasteiger partial charge in [-0.3, -0.25) is 4.79 Å². The molecule has 116 valence electrons. The molecule has 1 amide bonds. The van der Waals surface area contributed by atoms with E-state index in [4.69, 9.17) is 9.47 Å². The smallest absolute Gasteiger partial charge is 0.279 e. The normalized spacial score (nSPS) is 19.8. The van der Waals surface area contributed by atoms with Crippen molar-refractivity contribution < 1.29 is 19.2 Å². The third-order valence-corrected chi connectivity index (χ3v) is 3.69. The van der Waals surface area contributed by atoms with Gasteiger partial charge in [-0.2, -0.15) is 0 Å². The Morgan fingerprint density at radius 1 is 1.38 bits per heavy atom. The average molecular weight is 293 g/mol. The molecule has 1 aliphatic heterocycles. The highest BCUT2D eigenvalue weighted by Crippen LogP contribution is 2.14. The van der Waals surface area contributed by atoms with Gasteiger partial charge in [-0.1, -0.05) is 0 Å². The van der Waals surface area contributed by atoms with E-state index in [-0.39, 0.29) is 5.91 Å². The van der Waals surface area contributed by atoms with Crippen molar-refractivity contribution in [2.45, 2.75) is 25.4 Å². The van der Waals surface area contributed by atoms with Crippen molar-refractivity contribution in [3.63, 3.8) is 0 Å². The van der Waals surface area contributed by atoms with Gasteiger partial charge in [0.2, 0.25) is 0 Å². The lowest BCUT2D eigenvalue weighted by atomic mass is 10.1. The summed E-state index contributed by atoms with van der Waals surface area (Å²) in [4.78, 5) is 13.2. The number of methoxy groups -OCH3 is 1. The van der Waals surface area contributed by atoms with Gasteiger partial charge in [0.1, 0.15) is 18.4 Å². The molecule has 0 aliphatic carbocycles. The van der Waals surface area contributed by atoms with E-state index >= 15 is 0 Å². The van der Waals surface area contributed by atoms with Crippen molar-refractivity contribution in [1.29, 1.82) is 0 Å². The van der Waals surface area contributed by atoms with Crippen LogP contribution in [0.15, 0.2) is 24.3 Å². The zero-order valence-electron chi connectivity index (χ0n) is 12.9. The molecule has 1 fully saturated rings. The lowest BCUT2D eigenvalue weighted by Crippen LogP contribution is -3.11. The number of anilines is 1. The van der Waals surface area contributed by atoms with Crippen molar-refractivity contribution in [2.24, 2.45) is 0 Å². The Labute approximate surface area is 126 Å². The maximum absolute atomic E-state index is 12.0. The van der Waals surface area contributed by atoms with Gasteiger partial charge < -0.3 is 19.7 Å². The molecule has 1 unspecified atom stereocenters. The van der Waals surface area contributed by atoms with Crippen molar-refractivity contribution in [2.75, 3.05) is 39.2 Å². The highest BCUT2D eigenvalue weighted by molar-refractivity contribution is 5.91. The van der Waals surface area contributed by atoms with Gasteiger partial charge in [-0.15, -0.1) is 0 Å². The molecule has 5 nitrogen and oxygen atoms in total. The molecule has 0 spiro atoms. The van der Waals surface area contributed by atoms with Crippen LogP contribution in [0.2, 0.25) is 0 Å². The van der Waals surface area contributed by atoms with Crippen LogP contribution in [-0.4, -0.2) is 45.9 Å². The summed E-state index contributed by atoms with van der Waals surface area (Å²) in [6, 6.07) is 7.36. The van der Waals surface area contributed by atoms with Crippen LogP contribution >= 0.6 is 0 Å². The monoisotopic (exact) mass is 293 g/mol. The molecular formula is C16H25N2O3+. The van der Waals surface area contributed by atoms with Crippen molar-refractivity contribution in [3.05, 3.63) is 24.3 Å². The van der Waals surface area contributed by atoms with Crippen molar-refractivity contribution in [3.8, 4) is 5.75 Å². The minimum absolute atomic E-state index is 0.0217. The standard InChI is InChI=1S/C16H24N2O3/c1-18(11-15-5-3-4-10-21-15)12-16(19)17-13-6-8-14(20-2)9-7-13/h6-9,15H,3-5,10-12H2,1-2H3,(H,17,19)/p+1/t15-/m0/s1. The largest absolute Gasteiger partial charge is 0.497 e. The Hall–Kier alpha value is -1.59. The number of ether oxygens (including phenoxy) is 2. The van der Waals surface area contributed by atoms with E-state index in [0.29, 0.717) is 12.6 Å². The Morgan fingerprint density at radius 2 is 2.14 bits per heavy atom. The number of nitrogens with one attached hydrogen (secondary N) is 2. The van der Waals surface area contributed by atoms with Crippen LogP contribution in [0.25, 0.3) is 0 Å². The molecule has 0 aromatic heterocycles. The minimum Gasteiger partial charge on any atom is -0.497 e. The Bertz CT molecular complexity index is 441. The fraction of sp³-hybridized carbons (Fsp3) is 0.562. The van der Waals surface area contributed by atoms with E-state index < -0.39 is 0 Å². The van der Waals surface area contributed by atoms with E-state index in [9.17, 15) is 4.79 Å². The lowest BCUT2D eigenvalue weighted by molar-refractivity contribution is -0.874. The molecule has 0 bridgehead atoms. The van der Waals surface area contributed by atoms with E-state index in [1.54, 1.807) is 7.11 Å². The molecule has 21 heavy (non-hydrogen) atoms. The molecule has 1 aliphatic rings. The first-order valence-corrected chi connectivity index (χ1v) is 7.54. The summed E-state index contributed by atoms with van der Waals surface area (Å²) in [5.41, 5.74) is 0.794. The van der Waals surface area contributed by atoms with Gasteiger partial charge in [-0.25, -0.2) is 0 Å². The van der Waals surface area contributed by atoms with Gasteiger partial charge in [0.25, 0.3) is 5.91 Å². The highest BCUT2D eigenvalue weighted by Gasteiger charge is 2.19. The van der Waals surface area contributed by atoms with Gasteiger partial charge >= 0.3 is 0 Å². The summed E-state index contributed by atoms with van der Waals surface area (Å²) in [6.45, 7) is 2.19. The Kier molecular flexibility index (Phi) is 6.02. The molecular weight excluding hydrogens is 268 g/mol. The number of carbonyl (C=O) groups is 1. The molecule has 2 rings (SSSR count). The third kappa shape index (κ3) is 5.36. The molecule has 1 aromatic rings. The van der Waals surface area contributed by atoms with Crippen LogP contribution in [0.1, 0.15) is 19.3 Å². The van der Waals surface area contributed by atoms with Crippen molar-refractivity contribution in [1.82, 2.24) is 0 Å². The average Bonchev–Trinajstić information content (AvgIpc) is 2.48. The van der Waals surface area contributed by atoms with Gasteiger partial charge in [0.05, 0.1) is 14.2 Å². The summed E-state index contributed by atoms with van der Waals surface area (Å²) < 4.78 is 10.8. The second kappa shape index (κ2) is 8.00. The van der Waals surface area contributed by atoms with Gasteiger partial charge in [0.15, 0.2) is 6.54 Å². The van der Waals surface area contributed by atoms with E-state index in [2.05, 4.69) is 5.32 Å². The fourth-order valence-electron chi connectivity index (χ4n) is 2.58. The number of amides is 1. The summed E-state index contributed by atoms with van der Waals surface area (Å²) in [5, 5.41) is 2.91. The SMILES string of the molecule is COc1ccc(NC(=O)C[NH+](C)C[C@@H]2CCCCO2)cc1. The molecule has 0 saturated carbocycles. The zero-order chi connectivity index (χ0) is 15.1. The molecule has 0 radical (unpaired) electrons. The van der Waals surface area contributed by atoms with Crippen LogP contribution in [0.4, 0.5) is 5.69 Å². The van der Waals surface area contributed by atoms with E-state index in [1.165, 1.54) is 11.3 Å². The molecule has 1 saturated heterocycles. The predicted molar refractivity (Wildman–Crippen MR) is 81.8 cm³/mol. The lowest BCUT2D eigenvalue weighted by Gasteiger charge is -2.24. The summed E-state index contributed by atoms with van der Waals surface area (Å²) >= 11 is 0. The summed E-state index contributed by atoms with van der Waals surface area (Å²) in [7, 11) is 3.66. The maximum Gasteiger partial charge on any atom is 0.279 e. The number of quaternary nitrogens is 1.